The number of benzene rings is 2. The molecule has 6 atom stereocenters. The van der Waals surface area contributed by atoms with Crippen LogP contribution in [-0.4, -0.2) is 56.7 Å². The van der Waals surface area contributed by atoms with Crippen molar-refractivity contribution in [3.8, 4) is 5.75 Å². The van der Waals surface area contributed by atoms with Crippen LogP contribution in [0.1, 0.15) is 18.7 Å². The number of aromatic amines is 1. The number of nitrogens with zero attached hydrogens (tertiary/aromatic N) is 1. The molecule has 0 spiro atoms. The number of aliphatic hydroxyl groups excluding tert-OH is 2. The summed E-state index contributed by atoms with van der Waals surface area (Å²) >= 11 is 0. The van der Waals surface area contributed by atoms with Gasteiger partial charge in [-0.1, -0.05) is 48.5 Å². The fourth-order valence-electron chi connectivity index (χ4n) is 3.75. The van der Waals surface area contributed by atoms with E-state index in [1.54, 1.807) is 42.5 Å². The van der Waals surface area contributed by atoms with E-state index in [-0.39, 0.29) is 12.4 Å². The number of carbonyl (C=O) groups excluding carboxylic acids is 1. The molecule has 1 aliphatic heterocycles. The normalized spacial score (nSPS) is 23.1. The minimum atomic E-state index is -4.29. The quantitative estimate of drug-likeness (QED) is 0.194. The van der Waals surface area contributed by atoms with Gasteiger partial charge in [-0.15, -0.1) is 0 Å². The molecule has 0 bridgehead atoms. The van der Waals surface area contributed by atoms with Gasteiger partial charge in [0.25, 0.3) is 5.56 Å². The second kappa shape index (κ2) is 12.5. The highest BCUT2D eigenvalue weighted by molar-refractivity contribution is 7.52. The maximum Gasteiger partial charge on any atom is 0.459 e. The lowest BCUT2D eigenvalue weighted by atomic mass is 10.1. The summed E-state index contributed by atoms with van der Waals surface area (Å²) in [5.74, 6) is -0.548. The summed E-state index contributed by atoms with van der Waals surface area (Å²) in [4.78, 5) is 38.1. The van der Waals surface area contributed by atoms with Crippen LogP contribution >= 0.6 is 7.75 Å². The van der Waals surface area contributed by atoms with E-state index in [1.807, 2.05) is 11.1 Å². The monoisotopic (exact) mass is 561 g/mol. The average molecular weight is 561 g/mol. The Morgan fingerprint density at radius 3 is 2.41 bits per heavy atom. The van der Waals surface area contributed by atoms with E-state index in [2.05, 4.69) is 5.09 Å². The Labute approximate surface area is 222 Å². The maximum atomic E-state index is 13.7. The molecule has 3 aromatic rings. The first-order valence-electron chi connectivity index (χ1n) is 12.0. The highest BCUT2D eigenvalue weighted by atomic mass is 31.2. The Balaban J connectivity index is 1.45. The fourth-order valence-corrected chi connectivity index (χ4v) is 5.25. The first kappa shape index (κ1) is 28.4. The molecule has 208 valence electrons. The van der Waals surface area contributed by atoms with E-state index in [9.17, 15) is 29.2 Å². The maximum absolute atomic E-state index is 13.7. The van der Waals surface area contributed by atoms with Crippen molar-refractivity contribution in [1.29, 1.82) is 0 Å². The summed E-state index contributed by atoms with van der Waals surface area (Å²) < 4.78 is 36.6. The van der Waals surface area contributed by atoms with Crippen molar-refractivity contribution in [3.63, 3.8) is 0 Å². The van der Waals surface area contributed by atoms with Gasteiger partial charge in [0, 0.05) is 12.3 Å². The molecule has 13 nitrogen and oxygen atoms in total. The van der Waals surface area contributed by atoms with Gasteiger partial charge in [0.2, 0.25) is 0 Å². The zero-order valence-corrected chi connectivity index (χ0v) is 21.7. The van der Waals surface area contributed by atoms with Gasteiger partial charge in [-0.3, -0.25) is 23.7 Å². The lowest BCUT2D eigenvalue weighted by Crippen LogP contribution is -2.38. The van der Waals surface area contributed by atoms with Crippen LogP contribution in [0, 0.1) is 0 Å². The number of ether oxygens (including phenoxy) is 2. The van der Waals surface area contributed by atoms with E-state index in [0.29, 0.717) is 0 Å². The number of hydrogen-bond donors (Lipinski definition) is 4. The molecule has 1 aliphatic rings. The van der Waals surface area contributed by atoms with Gasteiger partial charge in [-0.2, -0.15) is 5.09 Å². The Morgan fingerprint density at radius 2 is 1.74 bits per heavy atom. The van der Waals surface area contributed by atoms with Gasteiger partial charge >= 0.3 is 19.4 Å². The SMILES string of the molecule is C[C@H](NP(=O)(OC[C@H]1O[C@@H](n2ccc(=O)[nH]c2=O)[C@@H](O)[C@@H]1O)Oc1ccccc1)C(=O)OCc1ccccc1. The van der Waals surface area contributed by atoms with E-state index in [0.717, 1.165) is 22.4 Å². The van der Waals surface area contributed by atoms with Crippen LogP contribution < -0.4 is 20.9 Å². The highest BCUT2D eigenvalue weighted by Crippen LogP contribution is 2.46. The minimum Gasteiger partial charge on any atom is -0.460 e. The number of H-pyrrole nitrogens is 1. The number of hydrogen-bond acceptors (Lipinski definition) is 10. The topological polar surface area (TPSA) is 178 Å². The van der Waals surface area contributed by atoms with Crippen LogP contribution in [0.5, 0.6) is 5.75 Å². The van der Waals surface area contributed by atoms with Crippen LogP contribution in [0.15, 0.2) is 82.5 Å². The second-order valence-electron chi connectivity index (χ2n) is 8.71. The van der Waals surface area contributed by atoms with Gasteiger partial charge in [0.1, 0.15) is 36.7 Å². The van der Waals surface area contributed by atoms with Crippen LogP contribution in [-0.2, 0) is 30.0 Å². The van der Waals surface area contributed by atoms with Crippen molar-refractivity contribution >= 4 is 13.7 Å². The van der Waals surface area contributed by atoms with Gasteiger partial charge in [0.15, 0.2) is 6.23 Å². The Morgan fingerprint density at radius 1 is 1.08 bits per heavy atom. The Hall–Kier alpha value is -3.58. The minimum absolute atomic E-state index is 0.00188. The number of aromatic nitrogens is 2. The predicted octanol–water partition coefficient (Wildman–Crippen LogP) is 1.08. The van der Waals surface area contributed by atoms with Crippen molar-refractivity contribution in [2.75, 3.05) is 6.61 Å². The third-order valence-electron chi connectivity index (χ3n) is 5.77. The van der Waals surface area contributed by atoms with Crippen molar-refractivity contribution in [2.45, 2.75) is 44.1 Å². The van der Waals surface area contributed by atoms with Crippen molar-refractivity contribution in [2.24, 2.45) is 0 Å². The van der Waals surface area contributed by atoms with Crippen molar-refractivity contribution in [3.05, 3.63) is 99.3 Å². The molecule has 1 fully saturated rings. The summed E-state index contributed by atoms with van der Waals surface area (Å²) in [6, 6.07) is 17.0. The van der Waals surface area contributed by atoms with Crippen molar-refractivity contribution in [1.82, 2.24) is 14.6 Å². The second-order valence-corrected chi connectivity index (χ2v) is 10.4. The molecule has 4 N–H and O–H groups in total. The molecule has 14 heteroatoms. The molecule has 0 aliphatic carbocycles. The third-order valence-corrected chi connectivity index (χ3v) is 7.41. The molecule has 2 heterocycles. The van der Waals surface area contributed by atoms with E-state index >= 15 is 0 Å². The number of rotatable bonds is 11. The number of aliphatic hydroxyl groups is 2. The van der Waals surface area contributed by atoms with Gasteiger partial charge < -0.3 is 24.2 Å². The lowest BCUT2D eigenvalue weighted by molar-refractivity contribution is -0.146. The molecule has 0 radical (unpaired) electrons. The molecular weight excluding hydrogens is 533 g/mol. The van der Waals surface area contributed by atoms with Gasteiger partial charge in [-0.05, 0) is 24.6 Å². The standard InChI is InChI=1S/C25H28N3O10P/c1-16(24(32)35-14-17-8-4-2-5-9-17)27-39(34,38-18-10-6-3-7-11-18)36-15-19-21(30)22(31)23(37-19)28-13-12-20(29)26-25(28)33/h2-13,16,19,21-23,30-31H,14-15H2,1H3,(H,27,34)(H,26,29,33)/t16-,19+,21+,22-,23+,39?/m0/s1. The molecular formula is C25H28N3O10P. The number of carbonyl (C=O) groups is 1. The Bertz CT molecular complexity index is 1410. The predicted molar refractivity (Wildman–Crippen MR) is 137 cm³/mol. The molecule has 1 unspecified atom stereocenters. The smallest absolute Gasteiger partial charge is 0.459 e. The van der Waals surface area contributed by atoms with E-state index in [4.69, 9.17) is 18.5 Å². The van der Waals surface area contributed by atoms with Gasteiger partial charge in [-0.25, -0.2) is 9.36 Å². The summed E-state index contributed by atoms with van der Waals surface area (Å²) in [6.45, 7) is 0.860. The van der Waals surface area contributed by atoms with E-state index < -0.39 is 62.2 Å². The third kappa shape index (κ3) is 7.30. The van der Waals surface area contributed by atoms with Gasteiger partial charge in [0.05, 0.1) is 6.61 Å². The van der Waals surface area contributed by atoms with Crippen LogP contribution in [0.3, 0.4) is 0 Å². The molecule has 1 saturated heterocycles. The lowest BCUT2D eigenvalue weighted by Gasteiger charge is -2.24. The van der Waals surface area contributed by atoms with Crippen LogP contribution in [0.25, 0.3) is 0 Å². The average Bonchev–Trinajstić information content (AvgIpc) is 3.20. The number of para-hydroxylation sites is 1. The largest absolute Gasteiger partial charge is 0.460 e. The zero-order chi connectivity index (χ0) is 28.0. The molecule has 1 aromatic heterocycles. The molecule has 39 heavy (non-hydrogen) atoms. The Kier molecular flexibility index (Phi) is 9.12. The summed E-state index contributed by atoms with van der Waals surface area (Å²) in [5.41, 5.74) is -0.742. The van der Waals surface area contributed by atoms with Crippen LogP contribution in [0.4, 0.5) is 0 Å². The van der Waals surface area contributed by atoms with E-state index in [1.165, 1.54) is 19.1 Å². The van der Waals surface area contributed by atoms with Crippen molar-refractivity contribution < 1.29 is 38.1 Å². The molecule has 2 aromatic carbocycles. The first-order chi connectivity index (χ1) is 18.6. The first-order valence-corrected chi connectivity index (χ1v) is 13.5. The summed E-state index contributed by atoms with van der Waals surface area (Å²) in [6.07, 6.45) is -4.62. The van der Waals surface area contributed by atoms with Crippen LogP contribution in [0.2, 0.25) is 0 Å². The summed E-state index contributed by atoms with van der Waals surface area (Å²) in [7, 11) is -4.29. The molecule has 0 amide bonds. The zero-order valence-electron chi connectivity index (χ0n) is 20.8. The number of esters is 1. The fraction of sp³-hybridized carbons (Fsp3) is 0.320. The molecule has 4 rings (SSSR count). The number of nitrogens with one attached hydrogen (secondary N) is 2. The summed E-state index contributed by atoms with van der Waals surface area (Å²) in [5, 5.41) is 23.5. The molecule has 0 saturated carbocycles. The highest BCUT2D eigenvalue weighted by Gasteiger charge is 2.45.